The average molecular weight is 558 g/mol. The highest BCUT2D eigenvalue weighted by molar-refractivity contribution is 6.16. The molecule has 1 N–H and O–H groups in total. The summed E-state index contributed by atoms with van der Waals surface area (Å²) < 4.78 is 65.2. The number of nitrogens with one attached hydrogen (secondary N) is 1. The van der Waals surface area contributed by atoms with Gasteiger partial charge >= 0.3 is 11.8 Å². The van der Waals surface area contributed by atoms with E-state index in [-0.39, 0.29) is 40.8 Å². The van der Waals surface area contributed by atoms with Crippen molar-refractivity contribution in [3.8, 4) is 23.0 Å². The molecule has 0 radical (unpaired) electrons. The quantitative estimate of drug-likeness (QED) is 0.424. The molecule has 1 aliphatic heterocycles. The fourth-order valence-corrected chi connectivity index (χ4v) is 4.21. The molecule has 40 heavy (non-hydrogen) atoms. The Kier molecular flexibility index (Phi) is 7.89. The summed E-state index contributed by atoms with van der Waals surface area (Å²) in [6, 6.07) is 16.8. The second kappa shape index (κ2) is 11.2. The summed E-state index contributed by atoms with van der Waals surface area (Å²) in [5, 5.41) is 1.86. The normalized spacial score (nSPS) is 16.8. The first kappa shape index (κ1) is 28.3. The molecule has 3 aromatic carbocycles. The van der Waals surface area contributed by atoms with Crippen LogP contribution in [0, 0.1) is 0 Å². The molecule has 9 nitrogen and oxygen atoms in total. The van der Waals surface area contributed by atoms with E-state index in [9.17, 15) is 22.8 Å². The summed E-state index contributed by atoms with van der Waals surface area (Å²) in [7, 11) is 5.41. The van der Waals surface area contributed by atoms with E-state index in [1.54, 1.807) is 42.5 Å². The Balaban J connectivity index is 1.80. The van der Waals surface area contributed by atoms with Gasteiger partial charge < -0.3 is 24.3 Å². The molecule has 210 valence electrons. The predicted octanol–water partition coefficient (Wildman–Crippen LogP) is 4.20. The van der Waals surface area contributed by atoms with Crippen LogP contribution in [0.15, 0.2) is 71.7 Å². The Morgan fingerprint density at radius 3 is 2.00 bits per heavy atom. The Bertz CT molecular complexity index is 1400. The highest BCUT2D eigenvalue weighted by Gasteiger charge is 2.67. The summed E-state index contributed by atoms with van der Waals surface area (Å²) in [6.45, 7) is -0.242. The van der Waals surface area contributed by atoms with Crippen molar-refractivity contribution in [3.05, 3.63) is 83.4 Å². The zero-order chi connectivity index (χ0) is 29.1. The van der Waals surface area contributed by atoms with Gasteiger partial charge in [-0.3, -0.25) is 14.5 Å². The van der Waals surface area contributed by atoms with Crippen LogP contribution in [0.3, 0.4) is 0 Å². The van der Waals surface area contributed by atoms with Gasteiger partial charge in [0.2, 0.25) is 5.75 Å². The van der Waals surface area contributed by atoms with Crippen LogP contribution in [0.25, 0.3) is 0 Å². The second-order valence-electron chi connectivity index (χ2n) is 8.62. The lowest BCUT2D eigenvalue weighted by atomic mass is 10.1. The van der Waals surface area contributed by atoms with Crippen molar-refractivity contribution in [1.29, 1.82) is 0 Å². The predicted molar refractivity (Wildman–Crippen MR) is 139 cm³/mol. The van der Waals surface area contributed by atoms with E-state index in [0.717, 1.165) is 4.90 Å². The zero-order valence-electron chi connectivity index (χ0n) is 22.0. The number of ether oxygens (including phenoxy) is 4. The third kappa shape index (κ3) is 5.12. The van der Waals surface area contributed by atoms with Crippen molar-refractivity contribution >= 4 is 17.6 Å². The maximum Gasteiger partial charge on any atom is 0.442 e. The lowest BCUT2D eigenvalue weighted by molar-refractivity contribution is -0.196. The van der Waals surface area contributed by atoms with Gasteiger partial charge in [-0.1, -0.05) is 42.5 Å². The fraction of sp³-hybridized carbons (Fsp3) is 0.250. The van der Waals surface area contributed by atoms with E-state index >= 15 is 0 Å². The van der Waals surface area contributed by atoms with Crippen molar-refractivity contribution in [2.75, 3.05) is 28.4 Å². The number of nitrogens with zero attached hydrogens (tertiary/aromatic N) is 2. The molecule has 0 saturated heterocycles. The number of amidine groups is 1. The Labute approximate surface area is 228 Å². The number of alkyl halides is 3. The van der Waals surface area contributed by atoms with Gasteiger partial charge in [-0.2, -0.15) is 13.2 Å². The molecule has 4 rings (SSSR count). The molecule has 1 atom stereocenters. The molecule has 1 unspecified atom stereocenters. The topological polar surface area (TPSA) is 98.7 Å². The Morgan fingerprint density at radius 2 is 1.50 bits per heavy atom. The van der Waals surface area contributed by atoms with Crippen LogP contribution in [-0.4, -0.2) is 62.8 Å². The minimum absolute atomic E-state index is 0.0421. The minimum Gasteiger partial charge on any atom is -0.497 e. The lowest BCUT2D eigenvalue weighted by Crippen LogP contribution is -2.63. The van der Waals surface area contributed by atoms with Crippen LogP contribution < -0.4 is 24.3 Å². The number of hydrogen-bond donors (Lipinski definition) is 1. The molecule has 1 heterocycles. The maximum atomic E-state index is 14.8. The molecule has 0 fully saturated rings. The van der Waals surface area contributed by atoms with Crippen LogP contribution in [-0.2, 0) is 11.3 Å². The number of rotatable bonds is 9. The van der Waals surface area contributed by atoms with Gasteiger partial charge in [0, 0.05) is 11.1 Å². The molecule has 2 amide bonds. The van der Waals surface area contributed by atoms with Crippen molar-refractivity contribution < 1.29 is 41.7 Å². The minimum atomic E-state index is -5.30. The number of benzene rings is 3. The molecule has 0 aromatic heterocycles. The van der Waals surface area contributed by atoms with E-state index in [1.165, 1.54) is 52.7 Å². The van der Waals surface area contributed by atoms with E-state index in [4.69, 9.17) is 18.9 Å². The molecule has 1 aliphatic rings. The summed E-state index contributed by atoms with van der Waals surface area (Å²) in [4.78, 5) is 31.7. The third-order valence-electron chi connectivity index (χ3n) is 6.25. The number of carbonyl (C=O) groups is 2. The van der Waals surface area contributed by atoms with E-state index in [2.05, 4.69) is 4.99 Å². The second-order valence-corrected chi connectivity index (χ2v) is 8.62. The van der Waals surface area contributed by atoms with Gasteiger partial charge in [-0.15, -0.1) is 0 Å². The third-order valence-corrected chi connectivity index (χ3v) is 6.25. The average Bonchev–Trinajstić information content (AvgIpc) is 3.24. The van der Waals surface area contributed by atoms with Gasteiger partial charge in [0.1, 0.15) is 11.6 Å². The van der Waals surface area contributed by atoms with Gasteiger partial charge in [0.25, 0.3) is 11.8 Å². The number of hydrogen-bond acceptors (Lipinski definition) is 7. The summed E-state index contributed by atoms with van der Waals surface area (Å²) in [5.74, 6) is -2.18. The van der Waals surface area contributed by atoms with E-state index < -0.39 is 23.7 Å². The van der Waals surface area contributed by atoms with Crippen LogP contribution in [0.4, 0.5) is 13.2 Å². The van der Waals surface area contributed by atoms with Gasteiger partial charge in [0.15, 0.2) is 11.5 Å². The molecule has 0 saturated carbocycles. The van der Waals surface area contributed by atoms with Crippen molar-refractivity contribution in [1.82, 2.24) is 10.2 Å². The largest absolute Gasteiger partial charge is 0.497 e. The van der Waals surface area contributed by atoms with Crippen LogP contribution >= 0.6 is 0 Å². The first-order valence-corrected chi connectivity index (χ1v) is 11.9. The SMILES string of the molecule is COc1ccc(CN2C(=O)C(NC(=O)c3cc(OC)c(OC)c(OC)c3)(C(F)(F)F)N=C2c2ccccc2)cc1. The number of aliphatic imine (C=N–C) groups is 1. The van der Waals surface area contributed by atoms with Crippen LogP contribution in [0.5, 0.6) is 23.0 Å². The highest BCUT2D eigenvalue weighted by atomic mass is 19.4. The van der Waals surface area contributed by atoms with Crippen molar-refractivity contribution in [2.24, 2.45) is 4.99 Å². The van der Waals surface area contributed by atoms with E-state index in [1.807, 2.05) is 5.32 Å². The van der Waals surface area contributed by atoms with Crippen LogP contribution in [0.2, 0.25) is 0 Å². The summed E-state index contributed by atoms with van der Waals surface area (Å²) >= 11 is 0. The fourth-order valence-electron chi connectivity index (χ4n) is 4.21. The van der Waals surface area contributed by atoms with Crippen molar-refractivity contribution in [2.45, 2.75) is 18.4 Å². The standard InChI is InChI=1S/C28H26F3N3O6/c1-37-20-12-10-17(11-13-20)16-34-24(18-8-6-5-7-9-18)32-27(26(34)36,28(29,30)31)33-25(35)19-14-21(38-2)23(40-4)22(15-19)39-3/h5-15H,16H2,1-4H3,(H,33,35). The molecule has 12 heteroatoms. The molecule has 0 spiro atoms. The van der Waals surface area contributed by atoms with Gasteiger partial charge in [0.05, 0.1) is 35.0 Å². The molecule has 3 aromatic rings. The molecule has 0 bridgehead atoms. The van der Waals surface area contributed by atoms with Crippen molar-refractivity contribution in [3.63, 3.8) is 0 Å². The van der Waals surface area contributed by atoms with Gasteiger partial charge in [-0.05, 0) is 29.8 Å². The maximum absolute atomic E-state index is 14.8. The number of amides is 2. The lowest BCUT2D eigenvalue weighted by Gasteiger charge is -2.29. The highest BCUT2D eigenvalue weighted by Crippen LogP contribution is 2.41. The number of carbonyl (C=O) groups excluding carboxylic acids is 2. The van der Waals surface area contributed by atoms with E-state index in [0.29, 0.717) is 11.3 Å². The Morgan fingerprint density at radius 1 is 0.900 bits per heavy atom. The first-order chi connectivity index (χ1) is 19.1. The molecular formula is C28H26F3N3O6. The summed E-state index contributed by atoms with van der Waals surface area (Å²) in [6.07, 6.45) is -5.30. The molecule has 0 aliphatic carbocycles. The van der Waals surface area contributed by atoms with Gasteiger partial charge in [-0.25, -0.2) is 4.99 Å². The Hall–Kier alpha value is -4.74. The monoisotopic (exact) mass is 557 g/mol. The number of halogens is 3. The smallest absolute Gasteiger partial charge is 0.442 e. The van der Waals surface area contributed by atoms with Crippen LogP contribution in [0.1, 0.15) is 21.5 Å². The number of methoxy groups -OCH3 is 4. The summed E-state index contributed by atoms with van der Waals surface area (Å²) in [5.41, 5.74) is -3.08. The zero-order valence-corrected chi connectivity index (χ0v) is 22.0. The first-order valence-electron chi connectivity index (χ1n) is 11.9. The molecular weight excluding hydrogens is 531 g/mol.